The maximum absolute atomic E-state index is 14.4. The molecular weight excluding hydrogens is 544 g/mol. The van der Waals surface area contributed by atoms with Crippen molar-refractivity contribution < 1.29 is 18.3 Å². The van der Waals surface area contributed by atoms with E-state index in [1.54, 1.807) is 50.3 Å². The van der Waals surface area contributed by atoms with E-state index in [9.17, 15) is 18.4 Å². The van der Waals surface area contributed by atoms with E-state index in [-0.39, 0.29) is 23.6 Å². The van der Waals surface area contributed by atoms with Crippen LogP contribution in [0.4, 0.5) is 8.78 Å². The molecule has 6 rings (SSSR count). The SMILES string of the molecule is CCOC(=O)C1=C(C)N=c2s/c(=C\c3cn(Cc4ccccc4F)c4ccccc34)c(=O)n2[C@H]1c1ccc(F)cc1. The monoisotopic (exact) mass is 569 g/mol. The summed E-state index contributed by atoms with van der Waals surface area (Å²) < 4.78 is 37.4. The number of fused-ring (bicyclic) bond motifs is 2. The van der Waals surface area contributed by atoms with Crippen molar-refractivity contribution in [1.29, 1.82) is 0 Å². The average Bonchev–Trinajstić information content (AvgIpc) is 3.46. The van der Waals surface area contributed by atoms with E-state index in [1.165, 1.54) is 34.1 Å². The van der Waals surface area contributed by atoms with E-state index in [0.29, 0.717) is 32.7 Å². The summed E-state index contributed by atoms with van der Waals surface area (Å²) in [7, 11) is 0. The number of nitrogens with zero attached hydrogens (tertiary/aromatic N) is 3. The maximum atomic E-state index is 14.4. The predicted molar refractivity (Wildman–Crippen MR) is 154 cm³/mol. The van der Waals surface area contributed by atoms with Gasteiger partial charge in [-0.3, -0.25) is 9.36 Å². The summed E-state index contributed by atoms with van der Waals surface area (Å²) >= 11 is 1.21. The molecule has 1 atom stereocenters. The number of thiazole rings is 1. The summed E-state index contributed by atoms with van der Waals surface area (Å²) in [5.74, 6) is -1.28. The number of aromatic nitrogens is 2. The fraction of sp³-hybridized carbons (Fsp3) is 0.156. The second-order valence-corrected chi connectivity index (χ2v) is 10.7. The Bertz CT molecular complexity index is 2020. The Morgan fingerprint density at radius 2 is 1.78 bits per heavy atom. The molecule has 0 unspecified atom stereocenters. The molecule has 5 aromatic rings. The zero-order valence-electron chi connectivity index (χ0n) is 22.3. The molecule has 0 amide bonds. The lowest BCUT2D eigenvalue weighted by atomic mass is 9.96. The van der Waals surface area contributed by atoms with Gasteiger partial charge < -0.3 is 9.30 Å². The fourth-order valence-electron chi connectivity index (χ4n) is 5.22. The van der Waals surface area contributed by atoms with Gasteiger partial charge in [0.25, 0.3) is 5.56 Å². The highest BCUT2D eigenvalue weighted by Crippen LogP contribution is 2.31. The van der Waals surface area contributed by atoms with Crippen LogP contribution in [-0.4, -0.2) is 21.7 Å². The lowest BCUT2D eigenvalue weighted by Gasteiger charge is -2.24. The lowest BCUT2D eigenvalue weighted by Crippen LogP contribution is -2.39. The van der Waals surface area contributed by atoms with Crippen LogP contribution in [0.25, 0.3) is 17.0 Å². The lowest BCUT2D eigenvalue weighted by molar-refractivity contribution is -0.139. The maximum Gasteiger partial charge on any atom is 0.338 e. The number of halogens is 2. The normalized spacial score (nSPS) is 15.2. The Kier molecular flexibility index (Phi) is 6.96. The first-order chi connectivity index (χ1) is 19.9. The summed E-state index contributed by atoms with van der Waals surface area (Å²) in [5, 5.41) is 0.910. The van der Waals surface area contributed by atoms with Gasteiger partial charge in [0, 0.05) is 28.2 Å². The molecule has 0 spiro atoms. The minimum Gasteiger partial charge on any atom is -0.463 e. The molecule has 0 saturated heterocycles. The number of allylic oxidation sites excluding steroid dienone is 1. The van der Waals surface area contributed by atoms with Crippen LogP contribution in [0.5, 0.6) is 0 Å². The van der Waals surface area contributed by atoms with Crippen molar-refractivity contribution in [3.8, 4) is 0 Å². The van der Waals surface area contributed by atoms with E-state index in [4.69, 9.17) is 4.74 Å². The first-order valence-corrected chi connectivity index (χ1v) is 13.9. The molecular formula is C32H25F2N3O3S. The minimum absolute atomic E-state index is 0.160. The summed E-state index contributed by atoms with van der Waals surface area (Å²) in [5.41, 5.74) is 3.16. The van der Waals surface area contributed by atoms with Gasteiger partial charge in [-0.1, -0.05) is 59.9 Å². The predicted octanol–water partition coefficient (Wildman–Crippen LogP) is 5.08. The van der Waals surface area contributed by atoms with Crippen LogP contribution in [0, 0.1) is 11.6 Å². The van der Waals surface area contributed by atoms with Crippen molar-refractivity contribution in [2.75, 3.05) is 6.61 Å². The van der Waals surface area contributed by atoms with Gasteiger partial charge in [0.15, 0.2) is 4.80 Å². The van der Waals surface area contributed by atoms with Crippen LogP contribution in [0.1, 0.15) is 36.6 Å². The first-order valence-electron chi connectivity index (χ1n) is 13.1. The van der Waals surface area contributed by atoms with E-state index in [0.717, 1.165) is 16.5 Å². The molecule has 9 heteroatoms. The topological polar surface area (TPSA) is 65.6 Å². The van der Waals surface area contributed by atoms with Crippen LogP contribution in [0.2, 0.25) is 0 Å². The van der Waals surface area contributed by atoms with E-state index in [1.807, 2.05) is 35.0 Å². The molecule has 0 bridgehead atoms. The Morgan fingerprint density at radius 1 is 1.05 bits per heavy atom. The molecule has 206 valence electrons. The largest absolute Gasteiger partial charge is 0.463 e. The number of esters is 1. The summed E-state index contributed by atoms with van der Waals surface area (Å²) in [6.45, 7) is 3.90. The Morgan fingerprint density at radius 3 is 2.54 bits per heavy atom. The highest BCUT2D eigenvalue weighted by atomic mass is 32.1. The van der Waals surface area contributed by atoms with Gasteiger partial charge in [0.1, 0.15) is 11.6 Å². The minimum atomic E-state index is -0.824. The molecule has 3 aromatic carbocycles. The molecule has 0 aliphatic carbocycles. The molecule has 0 fully saturated rings. The number of para-hydroxylation sites is 1. The Hall–Kier alpha value is -4.63. The standard InChI is InChI=1S/C32H25F2N3O3S/c1-3-40-31(39)28-19(2)35-32-37(29(28)20-12-14-23(33)15-13-20)30(38)27(41-32)16-22-18-36(26-11-7-5-9-24(22)26)17-21-8-4-6-10-25(21)34/h4-16,18,29H,3,17H2,1-2H3/b27-16-/t29-/m0/s1. The second-order valence-electron chi connectivity index (χ2n) is 9.67. The molecule has 2 aromatic heterocycles. The highest BCUT2D eigenvalue weighted by molar-refractivity contribution is 7.07. The van der Waals surface area contributed by atoms with Gasteiger partial charge in [-0.2, -0.15) is 0 Å². The van der Waals surface area contributed by atoms with E-state index < -0.39 is 17.8 Å². The van der Waals surface area contributed by atoms with Gasteiger partial charge in [-0.05, 0) is 49.8 Å². The summed E-state index contributed by atoms with van der Waals surface area (Å²) in [6.07, 6.45) is 3.71. The van der Waals surface area contributed by atoms with Crippen molar-refractivity contribution >= 4 is 34.3 Å². The number of hydrogen-bond acceptors (Lipinski definition) is 5. The number of hydrogen-bond donors (Lipinski definition) is 0. The molecule has 0 radical (unpaired) electrons. The van der Waals surface area contributed by atoms with Crippen molar-refractivity contribution in [3.05, 3.63) is 138 Å². The van der Waals surface area contributed by atoms with Gasteiger partial charge >= 0.3 is 5.97 Å². The zero-order chi connectivity index (χ0) is 28.7. The quantitative estimate of drug-likeness (QED) is 0.268. The zero-order valence-corrected chi connectivity index (χ0v) is 23.1. The number of ether oxygens (including phenoxy) is 1. The van der Waals surface area contributed by atoms with Crippen LogP contribution in [0.3, 0.4) is 0 Å². The third-order valence-corrected chi connectivity index (χ3v) is 8.09. The molecule has 1 aliphatic rings. The smallest absolute Gasteiger partial charge is 0.338 e. The number of carbonyl (C=O) groups is 1. The van der Waals surface area contributed by atoms with Crippen LogP contribution < -0.4 is 14.9 Å². The first kappa shape index (κ1) is 26.6. The number of rotatable bonds is 6. The van der Waals surface area contributed by atoms with Crippen molar-refractivity contribution in [2.24, 2.45) is 4.99 Å². The fourth-order valence-corrected chi connectivity index (χ4v) is 6.26. The van der Waals surface area contributed by atoms with Crippen molar-refractivity contribution in [2.45, 2.75) is 26.4 Å². The van der Waals surface area contributed by atoms with Crippen LogP contribution >= 0.6 is 11.3 Å². The number of benzene rings is 3. The van der Waals surface area contributed by atoms with Crippen molar-refractivity contribution in [3.63, 3.8) is 0 Å². The highest BCUT2D eigenvalue weighted by Gasteiger charge is 2.33. The molecule has 3 heterocycles. The third kappa shape index (κ3) is 4.82. The summed E-state index contributed by atoms with van der Waals surface area (Å²) in [4.78, 5) is 32.0. The second kappa shape index (κ2) is 10.7. The third-order valence-electron chi connectivity index (χ3n) is 7.11. The molecule has 0 saturated carbocycles. The van der Waals surface area contributed by atoms with Gasteiger partial charge in [0.2, 0.25) is 0 Å². The van der Waals surface area contributed by atoms with Gasteiger partial charge in [-0.25, -0.2) is 18.6 Å². The van der Waals surface area contributed by atoms with Gasteiger partial charge in [-0.15, -0.1) is 0 Å². The van der Waals surface area contributed by atoms with Crippen LogP contribution in [-0.2, 0) is 16.1 Å². The van der Waals surface area contributed by atoms with Gasteiger partial charge in [0.05, 0.1) is 35.0 Å². The Balaban J connectivity index is 1.52. The molecule has 6 nitrogen and oxygen atoms in total. The van der Waals surface area contributed by atoms with Crippen molar-refractivity contribution in [1.82, 2.24) is 9.13 Å². The number of carbonyl (C=O) groups excluding carboxylic acids is 1. The average molecular weight is 570 g/mol. The van der Waals surface area contributed by atoms with Crippen LogP contribution in [0.15, 0.2) is 100 Å². The molecule has 0 N–H and O–H groups in total. The molecule has 1 aliphatic heterocycles. The van der Waals surface area contributed by atoms with E-state index in [2.05, 4.69) is 4.99 Å². The summed E-state index contributed by atoms with van der Waals surface area (Å²) in [6, 6.07) is 19.3. The Labute approximate surface area is 237 Å². The van der Waals surface area contributed by atoms with E-state index >= 15 is 0 Å². The molecule has 41 heavy (non-hydrogen) atoms.